The number of halogens is 1. The molecule has 2 aromatic carbocycles. The summed E-state index contributed by atoms with van der Waals surface area (Å²) in [6.45, 7) is 1.92. The summed E-state index contributed by atoms with van der Waals surface area (Å²) in [5.41, 5.74) is 2.43. The fourth-order valence-electron chi connectivity index (χ4n) is 1.77. The molecule has 0 heterocycles. The van der Waals surface area contributed by atoms with Crippen LogP contribution in [0.2, 0.25) is 0 Å². The zero-order valence-electron chi connectivity index (χ0n) is 9.59. The number of aryl methyl sites for hydroxylation is 1. The lowest BCUT2D eigenvalue weighted by atomic mass is 10.00. The molecule has 94 valence electrons. The van der Waals surface area contributed by atoms with Gasteiger partial charge < -0.3 is 5.11 Å². The minimum atomic E-state index is -3.82. The Morgan fingerprint density at radius 1 is 1.06 bits per heavy atom. The Morgan fingerprint density at radius 3 is 2.28 bits per heavy atom. The van der Waals surface area contributed by atoms with E-state index in [9.17, 15) is 13.5 Å². The molecule has 18 heavy (non-hydrogen) atoms. The van der Waals surface area contributed by atoms with Crippen molar-refractivity contribution in [2.45, 2.75) is 11.8 Å². The maximum atomic E-state index is 11.2. The molecule has 0 aliphatic carbocycles. The maximum absolute atomic E-state index is 11.2. The van der Waals surface area contributed by atoms with Crippen molar-refractivity contribution in [3.8, 4) is 16.9 Å². The molecule has 0 aliphatic rings. The minimum absolute atomic E-state index is 0.106. The van der Waals surface area contributed by atoms with Crippen molar-refractivity contribution in [1.29, 1.82) is 0 Å². The first-order valence-corrected chi connectivity index (χ1v) is 7.54. The largest absolute Gasteiger partial charge is 0.507 e. The summed E-state index contributed by atoms with van der Waals surface area (Å²) in [7, 11) is 1.40. The van der Waals surface area contributed by atoms with Crippen molar-refractivity contribution in [2.24, 2.45) is 0 Å². The van der Waals surface area contributed by atoms with Gasteiger partial charge in [-0.05, 0) is 30.2 Å². The van der Waals surface area contributed by atoms with E-state index in [0.29, 0.717) is 5.56 Å². The van der Waals surface area contributed by atoms with E-state index in [1.54, 1.807) is 6.07 Å². The third-order valence-corrected chi connectivity index (χ3v) is 4.04. The van der Waals surface area contributed by atoms with E-state index in [1.807, 2.05) is 31.2 Å². The summed E-state index contributed by atoms with van der Waals surface area (Å²) in [5.74, 6) is -0.106. The Morgan fingerprint density at radius 2 is 1.72 bits per heavy atom. The number of rotatable bonds is 2. The Balaban J connectivity index is 2.59. The van der Waals surface area contributed by atoms with Gasteiger partial charge >= 0.3 is 0 Å². The Labute approximate surface area is 110 Å². The van der Waals surface area contributed by atoms with Gasteiger partial charge in [-0.3, -0.25) is 0 Å². The molecule has 3 nitrogen and oxygen atoms in total. The lowest BCUT2D eigenvalue weighted by molar-refractivity contribution is 0.475. The van der Waals surface area contributed by atoms with Crippen LogP contribution in [0.25, 0.3) is 11.1 Å². The summed E-state index contributed by atoms with van der Waals surface area (Å²) >= 11 is 0. The predicted octanol–water partition coefficient (Wildman–Crippen LogP) is 3.30. The average Bonchev–Trinajstić information content (AvgIpc) is 2.29. The average molecular weight is 283 g/mol. The molecule has 0 saturated carbocycles. The van der Waals surface area contributed by atoms with Crippen molar-refractivity contribution >= 4 is 19.7 Å². The highest BCUT2D eigenvalue weighted by Gasteiger charge is 2.14. The topological polar surface area (TPSA) is 54.4 Å². The van der Waals surface area contributed by atoms with Crippen LogP contribution in [-0.2, 0) is 9.05 Å². The van der Waals surface area contributed by atoms with E-state index in [4.69, 9.17) is 10.7 Å². The Hall–Kier alpha value is -1.52. The van der Waals surface area contributed by atoms with Gasteiger partial charge in [-0.1, -0.05) is 24.3 Å². The monoisotopic (exact) mass is 282 g/mol. The van der Waals surface area contributed by atoms with Gasteiger partial charge in [-0.25, -0.2) is 8.42 Å². The van der Waals surface area contributed by atoms with Gasteiger partial charge in [0.1, 0.15) is 5.75 Å². The molecule has 0 fully saturated rings. The quantitative estimate of drug-likeness (QED) is 0.860. The fourth-order valence-corrected chi connectivity index (χ4v) is 2.54. The van der Waals surface area contributed by atoms with E-state index in [1.165, 1.54) is 6.07 Å². The molecule has 0 bridgehead atoms. The van der Waals surface area contributed by atoms with Crippen LogP contribution in [0, 0.1) is 6.92 Å². The smallest absolute Gasteiger partial charge is 0.261 e. The fraction of sp³-hybridized carbons (Fsp3) is 0.0769. The Bertz CT molecular complexity index is 693. The highest BCUT2D eigenvalue weighted by Crippen LogP contribution is 2.33. The molecule has 0 unspecified atom stereocenters. The summed E-state index contributed by atoms with van der Waals surface area (Å²) in [6.07, 6.45) is 0. The molecule has 0 aromatic heterocycles. The van der Waals surface area contributed by atoms with Gasteiger partial charge in [0.2, 0.25) is 0 Å². The minimum Gasteiger partial charge on any atom is -0.507 e. The first-order chi connectivity index (χ1) is 8.39. The zero-order chi connectivity index (χ0) is 13.3. The lowest BCUT2D eigenvalue weighted by Crippen LogP contribution is -1.91. The molecular formula is C13H11ClO3S. The maximum Gasteiger partial charge on any atom is 0.261 e. The van der Waals surface area contributed by atoms with Crippen molar-refractivity contribution < 1.29 is 13.5 Å². The van der Waals surface area contributed by atoms with Gasteiger partial charge in [-0.15, -0.1) is 0 Å². The second-order valence-electron chi connectivity index (χ2n) is 3.93. The molecule has 0 amide bonds. The van der Waals surface area contributed by atoms with Crippen molar-refractivity contribution in [1.82, 2.24) is 0 Å². The van der Waals surface area contributed by atoms with Gasteiger partial charge in [0.15, 0.2) is 0 Å². The second kappa shape index (κ2) is 4.63. The number of benzene rings is 2. The predicted molar refractivity (Wildman–Crippen MR) is 71.3 cm³/mol. The van der Waals surface area contributed by atoms with Crippen molar-refractivity contribution in [2.75, 3.05) is 0 Å². The van der Waals surface area contributed by atoms with E-state index in [2.05, 4.69) is 0 Å². The normalized spacial score (nSPS) is 11.4. The molecule has 5 heteroatoms. The summed E-state index contributed by atoms with van der Waals surface area (Å²) in [4.78, 5) is -0.112. The van der Waals surface area contributed by atoms with Crippen LogP contribution in [0.15, 0.2) is 47.4 Å². The molecule has 0 aliphatic heterocycles. The van der Waals surface area contributed by atoms with Crippen LogP contribution < -0.4 is 0 Å². The lowest BCUT2D eigenvalue weighted by Gasteiger charge is -2.08. The first kappa shape index (κ1) is 12.9. The Kier molecular flexibility index (Phi) is 3.32. The van der Waals surface area contributed by atoms with Crippen LogP contribution in [0.5, 0.6) is 5.75 Å². The number of aromatic hydroxyl groups is 1. The molecule has 1 N–H and O–H groups in total. The van der Waals surface area contributed by atoms with Crippen molar-refractivity contribution in [3.05, 3.63) is 48.0 Å². The number of phenols is 1. The molecular weight excluding hydrogens is 272 g/mol. The van der Waals surface area contributed by atoms with E-state index in [-0.39, 0.29) is 10.6 Å². The van der Waals surface area contributed by atoms with Gasteiger partial charge in [0.25, 0.3) is 9.05 Å². The highest BCUT2D eigenvalue weighted by atomic mass is 35.7. The van der Waals surface area contributed by atoms with Gasteiger partial charge in [0.05, 0.1) is 4.90 Å². The standard InChI is InChI=1S/C13H11ClO3S/c1-9-4-2-3-5-11(9)12-7-6-10(8-13(12)15)18(14,16)17/h2-8,15H,1H3. The molecule has 0 radical (unpaired) electrons. The molecule has 2 rings (SSSR count). The number of phenolic OH excluding ortho intramolecular Hbond substituents is 1. The third kappa shape index (κ3) is 2.49. The second-order valence-corrected chi connectivity index (χ2v) is 6.50. The molecule has 0 spiro atoms. The third-order valence-electron chi connectivity index (χ3n) is 2.69. The van der Waals surface area contributed by atoms with Crippen LogP contribution in [0.3, 0.4) is 0 Å². The summed E-state index contributed by atoms with van der Waals surface area (Å²) < 4.78 is 22.3. The SMILES string of the molecule is Cc1ccccc1-c1ccc(S(=O)(=O)Cl)cc1O. The molecule has 0 atom stereocenters. The number of hydrogen-bond donors (Lipinski definition) is 1. The zero-order valence-corrected chi connectivity index (χ0v) is 11.2. The van der Waals surface area contributed by atoms with Gasteiger partial charge in [0, 0.05) is 22.3 Å². The molecule has 2 aromatic rings. The summed E-state index contributed by atoms with van der Waals surface area (Å²) in [6, 6.07) is 11.6. The number of hydrogen-bond acceptors (Lipinski definition) is 3. The van der Waals surface area contributed by atoms with Crippen LogP contribution in [0.1, 0.15) is 5.56 Å². The van der Waals surface area contributed by atoms with Gasteiger partial charge in [-0.2, -0.15) is 0 Å². The van der Waals surface area contributed by atoms with Crippen LogP contribution in [0.4, 0.5) is 0 Å². The highest BCUT2D eigenvalue weighted by molar-refractivity contribution is 8.13. The van der Waals surface area contributed by atoms with E-state index in [0.717, 1.165) is 17.2 Å². The van der Waals surface area contributed by atoms with Crippen LogP contribution >= 0.6 is 10.7 Å². The van der Waals surface area contributed by atoms with Crippen LogP contribution in [-0.4, -0.2) is 13.5 Å². The van der Waals surface area contributed by atoms with Crippen molar-refractivity contribution in [3.63, 3.8) is 0 Å². The van der Waals surface area contributed by atoms with E-state index < -0.39 is 9.05 Å². The molecule has 0 saturated heterocycles. The first-order valence-electron chi connectivity index (χ1n) is 5.23. The summed E-state index contributed by atoms with van der Waals surface area (Å²) in [5, 5.41) is 9.91. The van der Waals surface area contributed by atoms with E-state index >= 15 is 0 Å².